The lowest BCUT2D eigenvalue weighted by Gasteiger charge is -2.17. The van der Waals surface area contributed by atoms with Crippen molar-refractivity contribution >= 4 is 0 Å². The third-order valence-corrected chi connectivity index (χ3v) is 15.2. The highest BCUT2D eigenvalue weighted by molar-refractivity contribution is 5.17. The van der Waals surface area contributed by atoms with Crippen molar-refractivity contribution in [2.45, 2.75) is 451 Å². The third-order valence-electron chi connectivity index (χ3n) is 15.2. The molecule has 0 spiro atoms. The van der Waals surface area contributed by atoms with Crippen molar-refractivity contribution in [3.8, 4) is 0 Å². The van der Waals surface area contributed by atoms with Crippen LogP contribution in [0.25, 0.3) is 0 Å². The normalized spacial score (nSPS) is 10.2. The van der Waals surface area contributed by atoms with Crippen molar-refractivity contribution in [1.82, 2.24) is 90.2 Å². The molecular formula is C125H224N18. The van der Waals surface area contributed by atoms with E-state index < -0.39 is 0 Å². The summed E-state index contributed by atoms with van der Waals surface area (Å²) in [6.07, 6.45) is 46.5. The topological polar surface area (TPSA) is 232 Å². The molecular weight excluding hydrogens is 1750 g/mol. The molecule has 0 aliphatic heterocycles. The van der Waals surface area contributed by atoms with Crippen molar-refractivity contribution in [2.24, 2.45) is 59.6 Å². The molecule has 0 radical (unpaired) electrons. The first-order valence-electron chi connectivity index (χ1n) is 53.7. The maximum absolute atomic E-state index is 4.26. The SMILES string of the molecule is CC.CC.CC.CC.CC.CC.CC.CC.CC.CC.CC.CC(C)(C)Cc1ccccc1.CC(C)(C)Cc1ccccn1.CC(C)(C)Cc1cccnc1.CC(C)(C)Cc1cccnn1.CC(C)(C)Cc1ccncc1.CC(C)(C)Cc1ccncn1.CC(C)(C)Cc1ccnnc1.CC(C)(C)Cc1cnccn1.CC(C)(C)Cc1cncnc1.CC(C)(C)Cc1ncccn1.CC(C)(C)Cc1ncncn1. The van der Waals surface area contributed by atoms with E-state index >= 15 is 0 Å². The molecule has 0 aliphatic carbocycles. The highest BCUT2D eigenvalue weighted by atomic mass is 15.1. The van der Waals surface area contributed by atoms with Crippen LogP contribution < -0.4 is 0 Å². The Bertz CT molecular complexity index is 3290. The molecule has 0 aliphatic rings. The molecule has 0 amide bonds. The van der Waals surface area contributed by atoms with Crippen LogP contribution >= 0.6 is 0 Å². The van der Waals surface area contributed by atoms with Gasteiger partial charge in [0.15, 0.2) is 0 Å². The van der Waals surface area contributed by atoms with Crippen LogP contribution in [0.3, 0.4) is 0 Å². The van der Waals surface area contributed by atoms with E-state index in [0.717, 1.165) is 99.4 Å². The number of rotatable bonds is 11. The lowest BCUT2D eigenvalue weighted by atomic mass is 9.88. The zero-order valence-electron chi connectivity index (χ0n) is 103. The maximum atomic E-state index is 4.26. The fraction of sp³-hybridized carbons (Fsp3) is 0.616. The summed E-state index contributed by atoms with van der Waals surface area (Å²) >= 11 is 0. The van der Waals surface area contributed by atoms with Crippen molar-refractivity contribution in [3.63, 3.8) is 0 Å². The van der Waals surface area contributed by atoms with E-state index in [1.807, 2.05) is 257 Å². The predicted molar refractivity (Wildman–Crippen MR) is 631 cm³/mol. The summed E-state index contributed by atoms with van der Waals surface area (Å²) in [5.74, 6) is 1.80. The van der Waals surface area contributed by atoms with Gasteiger partial charge in [-0.2, -0.15) is 20.4 Å². The fourth-order valence-electron chi connectivity index (χ4n) is 11.2. The van der Waals surface area contributed by atoms with Gasteiger partial charge in [0.25, 0.3) is 0 Å². The summed E-state index contributed by atoms with van der Waals surface area (Å²) in [5.41, 5.74) is 14.6. The Morgan fingerprint density at radius 3 is 0.825 bits per heavy atom. The second-order valence-electron chi connectivity index (χ2n) is 44.0. The van der Waals surface area contributed by atoms with E-state index in [2.05, 4.69) is 373 Å². The molecule has 143 heavy (non-hydrogen) atoms. The molecule has 0 saturated carbocycles. The average Bonchev–Trinajstić information content (AvgIpc) is 0.977. The first-order valence-corrected chi connectivity index (χ1v) is 53.7. The Morgan fingerprint density at radius 1 is 0.154 bits per heavy atom. The van der Waals surface area contributed by atoms with Crippen molar-refractivity contribution in [1.29, 1.82) is 0 Å². The minimum atomic E-state index is 0.251. The first-order chi connectivity index (χ1) is 66.9. The van der Waals surface area contributed by atoms with Crippen LogP contribution in [-0.2, 0) is 70.6 Å². The molecule has 10 aromatic heterocycles. The largest absolute Gasteiger partial charge is 0.265 e. The molecule has 18 nitrogen and oxygen atoms in total. The lowest BCUT2D eigenvalue weighted by Crippen LogP contribution is -2.11. The number of hydrogen-bond donors (Lipinski definition) is 0. The molecule has 0 saturated heterocycles. The van der Waals surface area contributed by atoms with Crippen LogP contribution in [0.1, 0.15) is 443 Å². The summed E-state index contributed by atoms with van der Waals surface area (Å²) in [6, 6.07) is 34.7. The molecule has 814 valence electrons. The maximum Gasteiger partial charge on any atom is 0.132 e. The zero-order chi connectivity index (χ0) is 114. The minimum Gasteiger partial charge on any atom is -0.265 e. The van der Waals surface area contributed by atoms with E-state index in [-0.39, 0.29) is 10.8 Å². The summed E-state index contributed by atoms with van der Waals surface area (Å²) in [7, 11) is 0. The average molecular weight is 1980 g/mol. The van der Waals surface area contributed by atoms with Crippen LogP contribution in [0.5, 0.6) is 0 Å². The fourth-order valence-corrected chi connectivity index (χ4v) is 11.2. The van der Waals surface area contributed by atoms with Gasteiger partial charge in [-0.15, -0.1) is 0 Å². The molecule has 0 fully saturated rings. The molecule has 0 N–H and O–H groups in total. The third kappa shape index (κ3) is 126. The van der Waals surface area contributed by atoms with E-state index in [0.29, 0.717) is 48.7 Å². The molecule has 11 aromatic rings. The molecule has 11 rings (SSSR count). The standard InChI is InChI=1S/C11H16.3C10H15N.6C9H14N2.C8H13N3.11C2H6/c1-11(2,3)9-10-7-5-4-6-8-10;1-10(2,3)8-9-4-6-11-7-5-9;1-10(2,3)7-9-5-4-6-11-8-9;1-10(2,3)8-9-6-4-5-7-11-9;1-9(2,3)4-8-5-10-7-11-6-8;1-9(2,3)6-8-7-10-4-5-11-8;1-9(2,3)6-8-4-5-10-7-11-8;1-9(2,3)6-8-4-5-10-11-7-8;1-9(2,3)7-8-10-5-4-6-11-8;1-9(2,3)7-8-5-4-6-10-11-8;1-8(2,3)4-7-10-5-9-6-11-7;11*1-2/h4-8H,9H2,1-3H3;4-7H,8H2,1-3H3;4-6,8H,7H2,1-3H3;4-7H,8H2,1-3H3;5-7H,4H2,1-3H3;3*4-5,7H,6H2,1-3H3;2*4-6H,7H2,1-3H3;5-6H,4H2,1-3H3;11*1-2H3. The Balaban J connectivity index is -0.000000146. The summed E-state index contributed by atoms with van der Waals surface area (Å²) in [4.78, 5) is 56.6. The highest BCUT2D eigenvalue weighted by Gasteiger charge is 2.19. The Kier molecular flexibility index (Phi) is 103. The minimum absolute atomic E-state index is 0.251. The second-order valence-corrected chi connectivity index (χ2v) is 44.0. The van der Waals surface area contributed by atoms with Crippen molar-refractivity contribution in [2.75, 3.05) is 0 Å². The number of nitrogens with zero attached hydrogens (tertiary/aromatic N) is 18. The van der Waals surface area contributed by atoms with Gasteiger partial charge < -0.3 is 0 Å². The van der Waals surface area contributed by atoms with Gasteiger partial charge >= 0.3 is 0 Å². The smallest absolute Gasteiger partial charge is 0.132 e. The molecule has 1 aromatic carbocycles. The Labute approximate surface area is 885 Å². The van der Waals surface area contributed by atoms with E-state index in [4.69, 9.17) is 0 Å². The lowest BCUT2D eigenvalue weighted by molar-refractivity contribution is 0.399. The van der Waals surface area contributed by atoms with Crippen LogP contribution in [0.4, 0.5) is 0 Å². The van der Waals surface area contributed by atoms with Gasteiger partial charge in [0.2, 0.25) is 0 Å². The van der Waals surface area contributed by atoms with Gasteiger partial charge in [-0.3, -0.25) is 24.9 Å². The van der Waals surface area contributed by atoms with E-state index in [1.165, 1.54) is 46.2 Å². The van der Waals surface area contributed by atoms with Crippen LogP contribution in [0.2, 0.25) is 0 Å². The zero-order valence-corrected chi connectivity index (χ0v) is 103. The van der Waals surface area contributed by atoms with Gasteiger partial charge in [-0.05, 0) is 206 Å². The molecule has 18 heteroatoms. The molecule has 0 bridgehead atoms. The van der Waals surface area contributed by atoms with E-state index in [1.54, 1.807) is 56.0 Å². The number of benzene rings is 1. The second kappa shape index (κ2) is 94.4. The van der Waals surface area contributed by atoms with Gasteiger partial charge in [0.1, 0.15) is 37.0 Å². The van der Waals surface area contributed by atoms with E-state index in [9.17, 15) is 0 Å². The van der Waals surface area contributed by atoms with Crippen molar-refractivity contribution < 1.29 is 0 Å². The quantitative estimate of drug-likeness (QED) is 0.117. The summed E-state index contributed by atoms with van der Waals surface area (Å²) < 4.78 is 0. The van der Waals surface area contributed by atoms with Gasteiger partial charge in [-0.25, -0.2) is 44.9 Å². The van der Waals surface area contributed by atoms with Crippen LogP contribution in [0, 0.1) is 59.6 Å². The predicted octanol–water partition coefficient (Wildman–Crippen LogP) is 36.4. The van der Waals surface area contributed by atoms with Crippen LogP contribution in [0.15, 0.2) is 228 Å². The van der Waals surface area contributed by atoms with Gasteiger partial charge in [0, 0.05) is 117 Å². The monoisotopic (exact) mass is 1980 g/mol. The molecule has 0 atom stereocenters. The summed E-state index contributed by atoms with van der Waals surface area (Å²) in [6.45, 7) is 117. The number of pyridine rings is 3. The van der Waals surface area contributed by atoms with Crippen molar-refractivity contribution in [3.05, 3.63) is 290 Å². The Morgan fingerprint density at radius 2 is 0.469 bits per heavy atom. The molecule has 0 unspecified atom stereocenters. The first kappa shape index (κ1) is 156. The molecule has 10 heterocycles. The number of aromatic nitrogens is 18. The van der Waals surface area contributed by atoms with Gasteiger partial charge in [0.05, 0.1) is 17.6 Å². The summed E-state index contributed by atoms with van der Waals surface area (Å²) in [5, 5.41) is 15.4. The number of hydrogen-bond acceptors (Lipinski definition) is 18. The highest BCUT2D eigenvalue weighted by Crippen LogP contribution is 2.27. The van der Waals surface area contributed by atoms with Crippen LogP contribution in [-0.4, -0.2) is 90.2 Å². The Hall–Kier alpha value is -9.84. The van der Waals surface area contributed by atoms with Gasteiger partial charge in [-0.1, -0.05) is 423 Å².